The second-order valence-corrected chi connectivity index (χ2v) is 21.8. The summed E-state index contributed by atoms with van der Waals surface area (Å²) in [7, 11) is 0. The van der Waals surface area contributed by atoms with Crippen molar-refractivity contribution < 1.29 is 59.5 Å². The molecule has 0 radical (unpaired) electrons. The summed E-state index contributed by atoms with van der Waals surface area (Å²) in [6.45, 7) is 3.34. The highest BCUT2D eigenvalue weighted by molar-refractivity contribution is 5.93. The van der Waals surface area contributed by atoms with Crippen molar-refractivity contribution in [2.75, 3.05) is 13.2 Å². The van der Waals surface area contributed by atoms with Gasteiger partial charge in [-0.2, -0.15) is 0 Å². The Morgan fingerprint density at radius 3 is 2.54 bits per heavy atom. The first kappa shape index (κ1) is 48.9. The number of carbonyl (C=O) groups is 1. The third kappa shape index (κ3) is 7.80. The predicted octanol–water partition coefficient (Wildman–Crippen LogP) is 5.10. The van der Waals surface area contributed by atoms with Gasteiger partial charge < -0.3 is 65.1 Å². The fourth-order valence-corrected chi connectivity index (χ4v) is 14.0. The number of aryl methyl sites for hydroxylation is 2. The molecule has 3 aliphatic heterocycles. The highest BCUT2D eigenvalue weighted by Crippen LogP contribution is 2.60. The van der Waals surface area contributed by atoms with E-state index in [9.17, 15) is 45.3 Å². The number of aliphatic hydroxyl groups excluding tert-OH is 4. The number of phenolic OH excluding ortho intramolecular Hbond substituents is 2. The first-order valence-corrected chi connectivity index (χ1v) is 26.2. The van der Waals surface area contributed by atoms with Crippen molar-refractivity contribution in [2.24, 2.45) is 23.7 Å². The Bertz CT molecular complexity index is 3300. The first-order chi connectivity index (χ1) is 35.7. The highest BCUT2D eigenvalue weighted by Gasteiger charge is 2.66. The van der Waals surface area contributed by atoms with E-state index in [0.717, 1.165) is 47.9 Å². The Kier molecular flexibility index (Phi) is 12.3. The maximum Gasteiger partial charge on any atom is 0.220 e. The molecule has 4 bridgehead atoms. The molecule has 1 spiro atoms. The van der Waals surface area contributed by atoms with Gasteiger partial charge in [-0.15, -0.1) is 0 Å². The number of hydrogen-bond donors (Lipinski definition) is 10. The number of H-pyrrole nitrogens is 1. The Hall–Kier alpha value is -6.02. The molecule has 17 nitrogen and oxygen atoms in total. The molecule has 12 rings (SSSR count). The van der Waals surface area contributed by atoms with E-state index in [0.29, 0.717) is 63.0 Å². The van der Waals surface area contributed by atoms with Gasteiger partial charge in [0.25, 0.3) is 0 Å². The van der Waals surface area contributed by atoms with Gasteiger partial charge in [-0.1, -0.05) is 49.6 Å². The molecule has 0 unspecified atom stereocenters. The number of nitrogens with one attached hydrogen (secondary N) is 3. The topological polar surface area (TPSA) is 261 Å². The lowest BCUT2D eigenvalue weighted by Gasteiger charge is -2.59. The monoisotopic (exact) mass is 1010 g/mol. The Labute approximate surface area is 426 Å². The number of allylic oxidation sites excluding steroid dienone is 1. The minimum Gasteiger partial charge on any atom is -0.508 e. The average Bonchev–Trinajstić information content (AvgIpc) is 4.22. The van der Waals surface area contributed by atoms with Gasteiger partial charge in [0.05, 0.1) is 17.5 Å². The van der Waals surface area contributed by atoms with Crippen LogP contribution in [0.1, 0.15) is 74.5 Å². The fraction of sp³-hybridized carbons (Fsp3) is 0.474. The number of phenols is 2. The van der Waals surface area contributed by atoms with Crippen molar-refractivity contribution in [1.82, 2.24) is 20.2 Å². The van der Waals surface area contributed by atoms with Gasteiger partial charge in [-0.3, -0.25) is 9.59 Å². The molecule has 17 heteroatoms. The molecule has 3 aromatic heterocycles. The molecule has 10 N–H and O–H groups in total. The third-order valence-corrected chi connectivity index (χ3v) is 17.5. The summed E-state index contributed by atoms with van der Waals surface area (Å²) in [6, 6.07) is 12.6. The van der Waals surface area contributed by atoms with E-state index in [1.807, 2.05) is 18.5 Å². The molecule has 1 saturated carbocycles. The minimum absolute atomic E-state index is 0.00389. The lowest BCUT2D eigenvalue weighted by Crippen LogP contribution is -2.70. The molecule has 390 valence electrons. The van der Waals surface area contributed by atoms with Crippen LogP contribution in [0.25, 0.3) is 38.3 Å². The van der Waals surface area contributed by atoms with Gasteiger partial charge >= 0.3 is 0 Å². The summed E-state index contributed by atoms with van der Waals surface area (Å²) in [5, 5.41) is 88.8. The van der Waals surface area contributed by atoms with E-state index in [1.54, 1.807) is 19.1 Å². The molecule has 3 aliphatic carbocycles. The second kappa shape index (κ2) is 18.7. The van der Waals surface area contributed by atoms with Crippen LogP contribution in [0.3, 0.4) is 0 Å². The average molecular weight is 1010 g/mol. The summed E-state index contributed by atoms with van der Waals surface area (Å²) in [5.74, 6) is -0.598. The van der Waals surface area contributed by atoms with Crippen molar-refractivity contribution in [2.45, 2.75) is 132 Å². The fourth-order valence-electron chi connectivity index (χ4n) is 14.0. The quantitative estimate of drug-likeness (QED) is 0.0566. The van der Waals surface area contributed by atoms with Crippen molar-refractivity contribution in [3.63, 3.8) is 0 Å². The van der Waals surface area contributed by atoms with Gasteiger partial charge in [0, 0.05) is 90.2 Å². The molecule has 6 aliphatic rings. The van der Waals surface area contributed by atoms with Crippen LogP contribution in [-0.2, 0) is 33.8 Å². The molecule has 2 saturated heterocycles. The zero-order valence-corrected chi connectivity index (χ0v) is 41.4. The number of aliphatic hydroxyl groups is 5. The van der Waals surface area contributed by atoms with Gasteiger partial charge in [0.2, 0.25) is 5.91 Å². The van der Waals surface area contributed by atoms with Crippen molar-refractivity contribution in [3.8, 4) is 22.9 Å². The van der Waals surface area contributed by atoms with E-state index in [4.69, 9.17) is 18.9 Å². The van der Waals surface area contributed by atoms with Crippen LogP contribution in [0.2, 0.25) is 0 Å². The van der Waals surface area contributed by atoms with Crippen LogP contribution in [-0.4, -0.2) is 118 Å². The van der Waals surface area contributed by atoms with Crippen molar-refractivity contribution in [1.29, 1.82) is 0 Å². The molecule has 3 fully saturated rings. The number of amides is 1. The summed E-state index contributed by atoms with van der Waals surface area (Å²) in [4.78, 5) is 44.4. The van der Waals surface area contributed by atoms with Crippen LogP contribution in [0, 0.1) is 30.6 Å². The van der Waals surface area contributed by atoms with Crippen molar-refractivity contribution in [3.05, 3.63) is 118 Å². The zero-order valence-electron chi connectivity index (χ0n) is 41.4. The minimum atomic E-state index is -2.49. The zero-order chi connectivity index (χ0) is 51.4. The summed E-state index contributed by atoms with van der Waals surface area (Å²) in [6.07, 6.45) is 7.08. The summed E-state index contributed by atoms with van der Waals surface area (Å²) in [5.41, 5.74) is 0.723. The number of ether oxygens (including phenoxy) is 1. The third-order valence-electron chi connectivity index (χ3n) is 17.5. The molecular formula is C57H64N4O13. The summed E-state index contributed by atoms with van der Waals surface area (Å²) >= 11 is 0. The highest BCUT2D eigenvalue weighted by atomic mass is 17.2. The Morgan fingerprint density at radius 1 is 0.946 bits per heavy atom. The molecule has 6 aromatic rings. The molecule has 74 heavy (non-hydrogen) atoms. The molecular weight excluding hydrogens is 949 g/mol. The van der Waals surface area contributed by atoms with Crippen LogP contribution < -0.4 is 20.8 Å². The molecule has 3 aromatic carbocycles. The lowest BCUT2D eigenvalue weighted by molar-refractivity contribution is -0.405. The van der Waals surface area contributed by atoms with Crippen molar-refractivity contribution >= 4 is 38.6 Å². The number of aromatic amines is 1. The molecule has 1 amide bonds. The molecule has 12 atom stereocenters. The molecule has 6 heterocycles. The Balaban J connectivity index is 1.08. The maximum atomic E-state index is 14.2. The van der Waals surface area contributed by atoms with E-state index < -0.39 is 66.6 Å². The first-order valence-electron chi connectivity index (χ1n) is 26.2. The van der Waals surface area contributed by atoms with E-state index in [1.165, 1.54) is 30.3 Å². The van der Waals surface area contributed by atoms with Gasteiger partial charge in [0.15, 0.2) is 22.4 Å². The van der Waals surface area contributed by atoms with Crippen LogP contribution in [0.15, 0.2) is 93.9 Å². The standard InChI is InChI=1S/C57H64N4O13/c1-3-43-37-16-17-58-42(37)26-61(43)51-53-31(19-39-45(65)18-28(2)71-54(39)51)21-48-57(72-53)40-13-12-35(32-22-49(67)59-25-32)50(57)29(20-41(40)60-33-6-4-5-7-33)9-15-47(73-74-48)56(70,55(69)52(68)46(66)27-62)24-30-8-14-44(64)36-11-10-34(63)23-38(30)36/h8,10-14,16-20,23,26,32-33,35,40-41,46-48,50,52,55,58,60,62-64,66,68-70H,3-7,9,15,21-22,24-25,27H2,1-2H3,(H,59,67)/t32-,35-,40-,41-,46+,47-,48+,50-,52+,55-,56-,57-/m0/s1. The van der Waals surface area contributed by atoms with Gasteiger partial charge in [-0.05, 0) is 98.2 Å². The number of benzene rings is 3. The SMILES string of the molecule is CCc1c2cc[nH]c2cn1-c1c2c(cc3c(=O)cc(C)oc13)C[C@H]1OO[C@H]([C@@](O)(Cc3ccc(O)c4ccc(O)cc34)[C@@H](O)[C@H](O)[C@H](O)CO)CCC3=C[C@H](NC4CCCC4)[C@@H]4C=C[C@@H]([C@@H]5CNC(=O)C5)[C@H]3[C@@]14O2. The van der Waals surface area contributed by atoms with E-state index in [-0.39, 0.29) is 72.4 Å². The number of fused-ring (bicyclic) bond motifs is 4. The smallest absolute Gasteiger partial charge is 0.220 e. The number of carbonyl (C=O) groups excluding carboxylic acids is 1. The van der Waals surface area contributed by atoms with Gasteiger partial charge in [-0.25, -0.2) is 9.78 Å². The summed E-state index contributed by atoms with van der Waals surface area (Å²) < 4.78 is 16.7. The number of aromatic hydroxyl groups is 2. The second-order valence-electron chi connectivity index (χ2n) is 21.8. The number of nitrogens with zero attached hydrogens (tertiary/aromatic N) is 1. The Morgan fingerprint density at radius 2 is 1.77 bits per heavy atom. The maximum absolute atomic E-state index is 14.2. The largest absolute Gasteiger partial charge is 0.508 e. The van der Waals surface area contributed by atoms with Crippen LogP contribution in [0.5, 0.6) is 17.2 Å². The predicted molar refractivity (Wildman–Crippen MR) is 273 cm³/mol. The van der Waals surface area contributed by atoms with Crippen LogP contribution in [0.4, 0.5) is 0 Å². The van der Waals surface area contributed by atoms with E-state index in [2.05, 4.69) is 45.3 Å². The van der Waals surface area contributed by atoms with Crippen LogP contribution >= 0.6 is 0 Å². The lowest BCUT2D eigenvalue weighted by atomic mass is 9.53. The number of rotatable bonds is 12. The normalized spacial score (nSPS) is 28.9. The van der Waals surface area contributed by atoms with E-state index >= 15 is 0 Å². The van der Waals surface area contributed by atoms with Gasteiger partial charge in [0.1, 0.15) is 59.1 Å². The number of hydrogen-bond acceptors (Lipinski definition) is 14. The number of aromatic nitrogens is 2.